The fourth-order valence-electron chi connectivity index (χ4n) is 2.51. The summed E-state index contributed by atoms with van der Waals surface area (Å²) >= 11 is 0. The van der Waals surface area contributed by atoms with Crippen LogP contribution in [0.3, 0.4) is 0 Å². The van der Waals surface area contributed by atoms with E-state index in [2.05, 4.69) is 17.6 Å². The minimum Gasteiger partial charge on any atom is -0.497 e. The molecule has 1 aliphatic rings. The van der Waals surface area contributed by atoms with Crippen LogP contribution in [0.25, 0.3) is 0 Å². The molecule has 2 rings (SSSR count). The second-order valence-corrected chi connectivity index (χ2v) is 5.13. The number of benzene rings is 1. The summed E-state index contributed by atoms with van der Waals surface area (Å²) in [7, 11) is 3.18. The van der Waals surface area contributed by atoms with Gasteiger partial charge in [-0.05, 0) is 38.4 Å². The Hall–Kier alpha value is -1.75. The van der Waals surface area contributed by atoms with Crippen molar-refractivity contribution in [2.45, 2.75) is 25.8 Å². The lowest BCUT2D eigenvalue weighted by molar-refractivity contribution is -0.120. The van der Waals surface area contributed by atoms with E-state index in [-0.39, 0.29) is 11.8 Å². The highest BCUT2D eigenvalue weighted by atomic mass is 16.5. The van der Waals surface area contributed by atoms with Crippen LogP contribution in [-0.4, -0.2) is 32.7 Å². The van der Waals surface area contributed by atoms with Crippen molar-refractivity contribution in [3.63, 3.8) is 0 Å². The maximum Gasteiger partial charge on any atom is 0.227 e. The van der Waals surface area contributed by atoms with Gasteiger partial charge in [-0.15, -0.1) is 0 Å². The van der Waals surface area contributed by atoms with E-state index in [0.717, 1.165) is 19.4 Å². The minimum absolute atomic E-state index is 0.0538. The van der Waals surface area contributed by atoms with Gasteiger partial charge in [-0.1, -0.05) is 0 Å². The highest BCUT2D eigenvalue weighted by Crippen LogP contribution is 2.30. The third-order valence-electron chi connectivity index (χ3n) is 3.66. The van der Waals surface area contributed by atoms with E-state index < -0.39 is 0 Å². The number of nitrogens with one attached hydrogen (secondary N) is 2. The monoisotopic (exact) mass is 278 g/mol. The van der Waals surface area contributed by atoms with E-state index in [0.29, 0.717) is 23.2 Å². The lowest BCUT2D eigenvalue weighted by Gasteiger charge is -2.27. The lowest BCUT2D eigenvalue weighted by atomic mass is 9.92. The predicted octanol–water partition coefficient (Wildman–Crippen LogP) is 2.03. The number of carbonyl (C=O) groups excluding carboxylic acids is 1. The molecule has 110 valence electrons. The number of hydrogen-bond acceptors (Lipinski definition) is 4. The molecule has 0 aromatic heterocycles. The third-order valence-corrected chi connectivity index (χ3v) is 3.66. The Morgan fingerprint density at radius 1 is 1.35 bits per heavy atom. The molecule has 0 unspecified atom stereocenters. The average molecular weight is 278 g/mol. The number of methoxy groups -OCH3 is 2. The molecular formula is C15H22N2O3. The van der Waals surface area contributed by atoms with Crippen LogP contribution >= 0.6 is 0 Å². The number of hydrogen-bond donors (Lipinski definition) is 2. The molecule has 1 amide bonds. The van der Waals surface area contributed by atoms with Gasteiger partial charge in [-0.3, -0.25) is 4.79 Å². The smallest absolute Gasteiger partial charge is 0.227 e. The van der Waals surface area contributed by atoms with E-state index in [1.54, 1.807) is 26.4 Å². The van der Waals surface area contributed by atoms with Gasteiger partial charge in [0.15, 0.2) is 0 Å². The van der Waals surface area contributed by atoms with Crippen LogP contribution in [-0.2, 0) is 4.79 Å². The summed E-state index contributed by atoms with van der Waals surface area (Å²) in [5.41, 5.74) is 0.685. The van der Waals surface area contributed by atoms with E-state index in [1.807, 2.05) is 6.07 Å². The molecular weight excluding hydrogens is 256 g/mol. The second kappa shape index (κ2) is 6.61. The molecule has 1 heterocycles. The quantitative estimate of drug-likeness (QED) is 0.884. The molecule has 2 atom stereocenters. The maximum atomic E-state index is 12.3. The zero-order valence-electron chi connectivity index (χ0n) is 12.2. The van der Waals surface area contributed by atoms with Gasteiger partial charge in [-0.25, -0.2) is 0 Å². The van der Waals surface area contributed by atoms with Crippen molar-refractivity contribution in [3.05, 3.63) is 18.2 Å². The molecule has 5 heteroatoms. The van der Waals surface area contributed by atoms with Crippen LogP contribution in [0.15, 0.2) is 18.2 Å². The number of anilines is 1. The predicted molar refractivity (Wildman–Crippen MR) is 78.4 cm³/mol. The Kier molecular flexibility index (Phi) is 4.84. The highest BCUT2D eigenvalue weighted by Gasteiger charge is 2.25. The molecule has 0 saturated carbocycles. The van der Waals surface area contributed by atoms with Gasteiger partial charge in [0, 0.05) is 18.0 Å². The largest absolute Gasteiger partial charge is 0.497 e. The molecule has 1 aliphatic heterocycles. The average Bonchev–Trinajstić information content (AvgIpc) is 2.47. The Bertz CT molecular complexity index is 476. The summed E-state index contributed by atoms with van der Waals surface area (Å²) in [6.07, 6.45) is 1.74. The first-order valence-corrected chi connectivity index (χ1v) is 6.90. The summed E-state index contributed by atoms with van der Waals surface area (Å²) < 4.78 is 10.4. The molecule has 2 N–H and O–H groups in total. The van der Waals surface area contributed by atoms with E-state index in [1.165, 1.54) is 0 Å². The summed E-state index contributed by atoms with van der Waals surface area (Å²) in [4.78, 5) is 12.3. The van der Waals surface area contributed by atoms with Crippen LogP contribution in [0, 0.1) is 5.92 Å². The Labute approximate surface area is 119 Å². The standard InChI is InChI=1S/C15H22N2O3/c1-10-8-11(6-7-16-10)15(18)17-13-5-4-12(19-2)9-14(13)20-3/h4-5,9-11,16H,6-8H2,1-3H3,(H,17,18)/t10-,11-/m0/s1. The van der Waals surface area contributed by atoms with Gasteiger partial charge >= 0.3 is 0 Å². The molecule has 0 bridgehead atoms. The van der Waals surface area contributed by atoms with Gasteiger partial charge in [0.2, 0.25) is 5.91 Å². The molecule has 0 spiro atoms. The van der Waals surface area contributed by atoms with Crippen molar-refractivity contribution >= 4 is 11.6 Å². The first kappa shape index (κ1) is 14.7. The summed E-state index contributed by atoms with van der Waals surface area (Å²) in [6.45, 7) is 2.99. The summed E-state index contributed by atoms with van der Waals surface area (Å²) in [5, 5.41) is 6.30. The summed E-state index contributed by atoms with van der Waals surface area (Å²) in [5.74, 6) is 1.43. The Morgan fingerprint density at radius 2 is 2.15 bits per heavy atom. The maximum absolute atomic E-state index is 12.3. The fourth-order valence-corrected chi connectivity index (χ4v) is 2.51. The van der Waals surface area contributed by atoms with Crippen molar-refractivity contribution in [2.24, 2.45) is 5.92 Å². The highest BCUT2D eigenvalue weighted by molar-refractivity contribution is 5.94. The molecule has 0 radical (unpaired) electrons. The fraction of sp³-hybridized carbons (Fsp3) is 0.533. The zero-order chi connectivity index (χ0) is 14.5. The summed E-state index contributed by atoms with van der Waals surface area (Å²) in [6, 6.07) is 5.77. The number of ether oxygens (including phenoxy) is 2. The van der Waals surface area contributed by atoms with Crippen LogP contribution < -0.4 is 20.1 Å². The van der Waals surface area contributed by atoms with Crippen molar-refractivity contribution in [1.29, 1.82) is 0 Å². The molecule has 1 aromatic rings. The third kappa shape index (κ3) is 3.42. The lowest BCUT2D eigenvalue weighted by Crippen LogP contribution is -2.40. The van der Waals surface area contributed by atoms with Crippen LogP contribution in [0.4, 0.5) is 5.69 Å². The molecule has 0 aliphatic carbocycles. The van der Waals surface area contributed by atoms with Gasteiger partial charge < -0.3 is 20.1 Å². The van der Waals surface area contributed by atoms with Crippen LogP contribution in [0.5, 0.6) is 11.5 Å². The van der Waals surface area contributed by atoms with Crippen molar-refractivity contribution in [1.82, 2.24) is 5.32 Å². The zero-order valence-corrected chi connectivity index (χ0v) is 12.2. The first-order valence-electron chi connectivity index (χ1n) is 6.90. The molecule has 20 heavy (non-hydrogen) atoms. The number of piperidine rings is 1. The second-order valence-electron chi connectivity index (χ2n) is 5.13. The first-order chi connectivity index (χ1) is 9.63. The SMILES string of the molecule is COc1ccc(NC(=O)[C@H]2CCN[C@@H](C)C2)c(OC)c1. The van der Waals surface area contributed by atoms with E-state index in [9.17, 15) is 4.79 Å². The van der Waals surface area contributed by atoms with Crippen LogP contribution in [0.1, 0.15) is 19.8 Å². The van der Waals surface area contributed by atoms with Gasteiger partial charge in [0.05, 0.1) is 19.9 Å². The van der Waals surface area contributed by atoms with Gasteiger partial charge in [0.25, 0.3) is 0 Å². The van der Waals surface area contributed by atoms with E-state index >= 15 is 0 Å². The normalized spacial score (nSPS) is 22.1. The van der Waals surface area contributed by atoms with E-state index in [4.69, 9.17) is 9.47 Å². The Balaban J connectivity index is 2.07. The number of amides is 1. The van der Waals surface area contributed by atoms with Gasteiger partial charge in [0.1, 0.15) is 11.5 Å². The molecule has 1 aromatic carbocycles. The Morgan fingerprint density at radius 3 is 2.80 bits per heavy atom. The molecule has 1 saturated heterocycles. The minimum atomic E-state index is 0.0538. The topological polar surface area (TPSA) is 59.6 Å². The number of carbonyl (C=O) groups is 1. The molecule has 5 nitrogen and oxygen atoms in total. The molecule has 1 fully saturated rings. The van der Waals surface area contributed by atoms with Crippen molar-refractivity contribution in [2.75, 3.05) is 26.1 Å². The van der Waals surface area contributed by atoms with Crippen LogP contribution in [0.2, 0.25) is 0 Å². The van der Waals surface area contributed by atoms with Crippen molar-refractivity contribution in [3.8, 4) is 11.5 Å². The van der Waals surface area contributed by atoms with Crippen molar-refractivity contribution < 1.29 is 14.3 Å². The number of rotatable bonds is 4. The van der Waals surface area contributed by atoms with Gasteiger partial charge in [-0.2, -0.15) is 0 Å².